The highest BCUT2D eigenvalue weighted by Crippen LogP contribution is 2.11. The highest BCUT2D eigenvalue weighted by Gasteiger charge is 2.14. The average molecular weight is 269 g/mol. The number of hydrogen-bond acceptors (Lipinski definition) is 4. The summed E-state index contributed by atoms with van der Waals surface area (Å²) in [7, 11) is 1.34. The lowest BCUT2D eigenvalue weighted by Gasteiger charge is -2.06. The third-order valence-corrected chi connectivity index (χ3v) is 2.63. The number of aryl methyl sites for hydroxylation is 1. The van der Waals surface area contributed by atoms with Crippen molar-refractivity contribution in [1.82, 2.24) is 9.97 Å². The van der Waals surface area contributed by atoms with Crippen LogP contribution < -0.4 is 18.1 Å². The number of nitrogens with two attached hydrogens (primary N) is 1. The molecule has 0 aliphatic carbocycles. The molecule has 1 aromatic carbocycles. The Morgan fingerprint density at radius 2 is 2.22 bits per heavy atom. The van der Waals surface area contributed by atoms with Gasteiger partial charge < -0.3 is 27.9 Å². The molecule has 0 saturated heterocycles. The van der Waals surface area contributed by atoms with E-state index in [4.69, 9.17) is 5.73 Å². The Hall–Kier alpha value is -1.59. The van der Waals surface area contributed by atoms with Crippen LogP contribution >= 0.6 is 0 Å². The Morgan fingerprint density at radius 3 is 2.89 bits per heavy atom. The number of hydrogen-bond donors (Lipinski definition) is 2. The van der Waals surface area contributed by atoms with Crippen LogP contribution in [-0.2, 0) is 16.0 Å². The number of benzene rings is 1. The molecule has 0 fully saturated rings. The average Bonchev–Trinajstić information content (AvgIpc) is 2.77. The number of carbonyl (C=O) groups excluding carboxylic acids is 1. The summed E-state index contributed by atoms with van der Waals surface area (Å²) in [6, 6.07) is 7.20. The number of para-hydroxylation sites is 2. The minimum absolute atomic E-state index is 0. The first-order valence-electron chi connectivity index (χ1n) is 5.47. The molecule has 0 amide bonds. The van der Waals surface area contributed by atoms with Gasteiger partial charge in [0.05, 0.1) is 18.1 Å². The number of esters is 1. The van der Waals surface area contributed by atoms with Crippen LogP contribution in [-0.4, -0.2) is 29.1 Å². The smallest absolute Gasteiger partial charge is 0.322 e. The van der Waals surface area contributed by atoms with Gasteiger partial charge in [-0.3, -0.25) is 4.79 Å². The fraction of sp³-hybridized carbons (Fsp3) is 0.333. The van der Waals surface area contributed by atoms with E-state index in [2.05, 4.69) is 14.7 Å². The zero-order valence-electron chi connectivity index (χ0n) is 10.0. The van der Waals surface area contributed by atoms with Crippen LogP contribution in [0, 0.1) is 0 Å². The van der Waals surface area contributed by atoms with E-state index in [9.17, 15) is 4.79 Å². The van der Waals surface area contributed by atoms with Crippen LogP contribution in [0.5, 0.6) is 0 Å². The Morgan fingerprint density at radius 1 is 1.50 bits per heavy atom. The number of H-pyrrole nitrogens is 1. The number of ether oxygens (including phenoxy) is 1. The van der Waals surface area contributed by atoms with Crippen molar-refractivity contribution in [1.29, 1.82) is 0 Å². The lowest BCUT2D eigenvalue weighted by atomic mass is 10.1. The molecular formula is C12H15ClN3O2-. The Kier molecular flexibility index (Phi) is 5.12. The quantitative estimate of drug-likeness (QED) is 0.629. The van der Waals surface area contributed by atoms with E-state index < -0.39 is 6.04 Å². The first-order valence-corrected chi connectivity index (χ1v) is 5.47. The number of halogens is 1. The Labute approximate surface area is 111 Å². The first-order chi connectivity index (χ1) is 8.20. The molecule has 1 atom stereocenters. The summed E-state index contributed by atoms with van der Waals surface area (Å²) in [4.78, 5) is 18.7. The van der Waals surface area contributed by atoms with Gasteiger partial charge in [0, 0.05) is 6.42 Å². The third-order valence-electron chi connectivity index (χ3n) is 2.63. The van der Waals surface area contributed by atoms with Crippen molar-refractivity contribution in [3.8, 4) is 0 Å². The zero-order chi connectivity index (χ0) is 12.3. The van der Waals surface area contributed by atoms with E-state index in [0.29, 0.717) is 12.8 Å². The largest absolute Gasteiger partial charge is 1.00 e. The summed E-state index contributed by atoms with van der Waals surface area (Å²) in [5.41, 5.74) is 7.57. The Balaban J connectivity index is 0.00000162. The van der Waals surface area contributed by atoms with Crippen LogP contribution in [0.25, 0.3) is 11.0 Å². The fourth-order valence-corrected chi connectivity index (χ4v) is 1.69. The molecule has 5 nitrogen and oxygen atoms in total. The van der Waals surface area contributed by atoms with Crippen LogP contribution in [0.4, 0.5) is 0 Å². The molecule has 18 heavy (non-hydrogen) atoms. The molecular weight excluding hydrogens is 254 g/mol. The van der Waals surface area contributed by atoms with Crippen LogP contribution in [0.15, 0.2) is 24.3 Å². The van der Waals surface area contributed by atoms with Gasteiger partial charge in [-0.2, -0.15) is 0 Å². The summed E-state index contributed by atoms with van der Waals surface area (Å²) >= 11 is 0. The molecule has 1 aromatic heterocycles. The van der Waals surface area contributed by atoms with Gasteiger partial charge in [0.1, 0.15) is 11.9 Å². The maximum absolute atomic E-state index is 11.1. The maximum Gasteiger partial charge on any atom is 0.322 e. The maximum atomic E-state index is 11.1. The molecule has 1 unspecified atom stereocenters. The van der Waals surface area contributed by atoms with E-state index in [-0.39, 0.29) is 18.4 Å². The molecule has 0 saturated carbocycles. The van der Waals surface area contributed by atoms with Gasteiger partial charge in [0.25, 0.3) is 0 Å². The van der Waals surface area contributed by atoms with Gasteiger partial charge in [-0.1, -0.05) is 12.1 Å². The van der Waals surface area contributed by atoms with Crippen molar-refractivity contribution in [2.75, 3.05) is 7.11 Å². The molecule has 0 bridgehead atoms. The van der Waals surface area contributed by atoms with E-state index in [0.717, 1.165) is 16.9 Å². The molecule has 1 heterocycles. The second-order valence-electron chi connectivity index (χ2n) is 3.87. The molecule has 0 spiro atoms. The predicted octanol–water partition coefficient (Wildman–Crippen LogP) is -2.00. The van der Waals surface area contributed by atoms with Crippen LogP contribution in [0.3, 0.4) is 0 Å². The summed E-state index contributed by atoms with van der Waals surface area (Å²) in [6.45, 7) is 0. The topological polar surface area (TPSA) is 81.0 Å². The molecule has 0 aliphatic heterocycles. The number of aromatic amines is 1. The number of carbonyl (C=O) groups is 1. The lowest BCUT2D eigenvalue weighted by Crippen LogP contribution is -3.00. The second kappa shape index (κ2) is 6.37. The zero-order valence-corrected chi connectivity index (χ0v) is 10.8. The van der Waals surface area contributed by atoms with Gasteiger partial charge in [0.15, 0.2) is 0 Å². The van der Waals surface area contributed by atoms with Crippen molar-refractivity contribution in [2.45, 2.75) is 18.9 Å². The highest BCUT2D eigenvalue weighted by atomic mass is 35.5. The lowest BCUT2D eigenvalue weighted by molar-refractivity contribution is -0.142. The first kappa shape index (κ1) is 14.5. The summed E-state index contributed by atoms with van der Waals surface area (Å²) in [6.07, 6.45) is 1.15. The summed E-state index contributed by atoms with van der Waals surface area (Å²) < 4.78 is 4.56. The predicted molar refractivity (Wildman–Crippen MR) is 64.4 cm³/mol. The van der Waals surface area contributed by atoms with Gasteiger partial charge in [-0.15, -0.1) is 0 Å². The third kappa shape index (κ3) is 3.21. The van der Waals surface area contributed by atoms with E-state index in [1.807, 2.05) is 24.3 Å². The minimum atomic E-state index is -0.590. The minimum Gasteiger partial charge on any atom is -1.00 e. The van der Waals surface area contributed by atoms with Crippen LogP contribution in [0.2, 0.25) is 0 Å². The van der Waals surface area contributed by atoms with Crippen molar-refractivity contribution in [3.63, 3.8) is 0 Å². The van der Waals surface area contributed by atoms with Crippen molar-refractivity contribution >= 4 is 17.0 Å². The molecule has 6 heteroatoms. The number of rotatable bonds is 4. The van der Waals surface area contributed by atoms with Crippen LogP contribution in [0.1, 0.15) is 12.2 Å². The monoisotopic (exact) mass is 268 g/mol. The van der Waals surface area contributed by atoms with Gasteiger partial charge in [-0.05, 0) is 18.6 Å². The second-order valence-corrected chi connectivity index (χ2v) is 3.87. The molecule has 3 N–H and O–H groups in total. The SMILES string of the molecule is COC(=O)C(N)CCc1nc2ccccc2[nH]1.[Cl-]. The fourth-order valence-electron chi connectivity index (χ4n) is 1.69. The van der Waals surface area contributed by atoms with E-state index in [1.165, 1.54) is 7.11 Å². The van der Waals surface area contributed by atoms with Gasteiger partial charge >= 0.3 is 5.97 Å². The molecule has 2 rings (SSSR count). The number of aromatic nitrogens is 2. The van der Waals surface area contributed by atoms with Crippen molar-refractivity contribution in [2.24, 2.45) is 5.73 Å². The van der Waals surface area contributed by atoms with E-state index in [1.54, 1.807) is 0 Å². The number of imidazole rings is 1. The number of nitrogens with one attached hydrogen (secondary N) is 1. The standard InChI is InChI=1S/C12H15N3O2.ClH/c1-17-12(16)8(13)6-7-11-14-9-4-2-3-5-10(9)15-11;/h2-5,8H,6-7,13H2,1H3,(H,14,15);1H/p-1. The number of methoxy groups -OCH3 is 1. The van der Waals surface area contributed by atoms with E-state index >= 15 is 0 Å². The summed E-state index contributed by atoms with van der Waals surface area (Å²) in [5, 5.41) is 0. The Bertz CT molecular complexity index is 494. The van der Waals surface area contributed by atoms with Gasteiger partial charge in [0.2, 0.25) is 0 Å². The summed E-state index contributed by atoms with van der Waals surface area (Å²) in [5.74, 6) is 0.451. The molecule has 0 aliphatic rings. The molecule has 2 aromatic rings. The molecule has 0 radical (unpaired) electrons. The number of nitrogens with zero attached hydrogens (tertiary/aromatic N) is 1. The number of fused-ring (bicyclic) bond motifs is 1. The van der Waals surface area contributed by atoms with Gasteiger partial charge in [-0.25, -0.2) is 4.98 Å². The molecule has 98 valence electrons. The van der Waals surface area contributed by atoms with Crippen molar-refractivity contribution < 1.29 is 21.9 Å². The highest BCUT2D eigenvalue weighted by molar-refractivity contribution is 5.76. The normalized spacial score (nSPS) is 11.9. The van der Waals surface area contributed by atoms with Crippen molar-refractivity contribution in [3.05, 3.63) is 30.1 Å².